The molecule has 0 aromatic heterocycles. The van der Waals surface area contributed by atoms with Gasteiger partial charge in [0.15, 0.2) is 0 Å². The average Bonchev–Trinajstić information content (AvgIpc) is 2.81. The molecule has 1 saturated heterocycles. The van der Waals surface area contributed by atoms with Crippen LogP contribution in [0, 0.1) is 5.92 Å². The Kier molecular flexibility index (Phi) is 4.04. The van der Waals surface area contributed by atoms with Crippen molar-refractivity contribution in [1.29, 1.82) is 0 Å². The molecule has 2 heterocycles. The summed E-state index contributed by atoms with van der Waals surface area (Å²) in [5, 5.41) is 3.31. The fraction of sp³-hybridized carbons (Fsp3) is 0.625. The number of para-hydroxylation sites is 1. The Bertz CT molecular complexity index is 394. The lowest BCUT2D eigenvalue weighted by molar-refractivity contribution is 0.111. The maximum Gasteiger partial charge on any atom is 0.123 e. The van der Waals surface area contributed by atoms with Gasteiger partial charge in [-0.15, -0.1) is 0 Å². The molecule has 1 aromatic rings. The summed E-state index contributed by atoms with van der Waals surface area (Å²) in [4.78, 5) is 2.59. The van der Waals surface area contributed by atoms with E-state index in [0.29, 0.717) is 6.10 Å². The number of hydrogen-bond acceptors (Lipinski definition) is 3. The van der Waals surface area contributed by atoms with E-state index in [1.54, 1.807) is 0 Å². The number of rotatable bonds is 4. The van der Waals surface area contributed by atoms with Crippen molar-refractivity contribution in [3.05, 3.63) is 29.8 Å². The summed E-state index contributed by atoms with van der Waals surface area (Å²) < 4.78 is 6.05. The Labute approximate surface area is 115 Å². The fourth-order valence-electron chi connectivity index (χ4n) is 3.42. The number of hydrogen-bond donors (Lipinski definition) is 1. The molecular formula is C16H24N2O. The van der Waals surface area contributed by atoms with Gasteiger partial charge in [0.2, 0.25) is 0 Å². The number of likely N-dealkylation sites (tertiary alicyclic amines) is 1. The van der Waals surface area contributed by atoms with Crippen LogP contribution < -0.4 is 10.1 Å². The van der Waals surface area contributed by atoms with Crippen LogP contribution >= 0.6 is 0 Å². The van der Waals surface area contributed by atoms with Gasteiger partial charge in [0, 0.05) is 19.5 Å². The number of nitrogens with zero attached hydrogens (tertiary/aromatic N) is 1. The number of nitrogens with one attached hydrogen (secondary N) is 1. The summed E-state index contributed by atoms with van der Waals surface area (Å²) in [7, 11) is 2.05. The summed E-state index contributed by atoms with van der Waals surface area (Å²) in [5.41, 5.74) is 1.37. The van der Waals surface area contributed by atoms with Crippen molar-refractivity contribution in [2.24, 2.45) is 5.92 Å². The van der Waals surface area contributed by atoms with E-state index in [1.165, 1.54) is 31.5 Å². The molecule has 0 saturated carbocycles. The zero-order valence-corrected chi connectivity index (χ0v) is 11.8. The van der Waals surface area contributed by atoms with Gasteiger partial charge in [-0.25, -0.2) is 0 Å². The molecule has 19 heavy (non-hydrogen) atoms. The molecule has 3 nitrogen and oxygen atoms in total. The maximum atomic E-state index is 6.05. The molecular weight excluding hydrogens is 236 g/mol. The van der Waals surface area contributed by atoms with Gasteiger partial charge >= 0.3 is 0 Å². The Balaban J connectivity index is 1.53. The molecule has 1 fully saturated rings. The summed E-state index contributed by atoms with van der Waals surface area (Å²) in [6.07, 6.45) is 4.11. The van der Waals surface area contributed by atoms with E-state index in [1.807, 2.05) is 0 Å². The summed E-state index contributed by atoms with van der Waals surface area (Å²) in [5.74, 6) is 1.90. The van der Waals surface area contributed by atoms with Crippen LogP contribution in [0.15, 0.2) is 24.3 Å². The van der Waals surface area contributed by atoms with Gasteiger partial charge < -0.3 is 10.1 Å². The molecule has 3 heteroatoms. The van der Waals surface area contributed by atoms with E-state index in [0.717, 1.165) is 31.2 Å². The molecule has 2 atom stereocenters. The molecule has 2 aliphatic heterocycles. The Morgan fingerprint density at radius 1 is 1.37 bits per heavy atom. The lowest BCUT2D eigenvalue weighted by Crippen LogP contribution is -2.43. The highest BCUT2D eigenvalue weighted by Crippen LogP contribution is 2.29. The van der Waals surface area contributed by atoms with Crippen LogP contribution in [0.4, 0.5) is 0 Å². The molecule has 1 N–H and O–H groups in total. The van der Waals surface area contributed by atoms with Crippen molar-refractivity contribution >= 4 is 0 Å². The number of fused-ring (bicyclic) bond motifs is 1. The maximum absolute atomic E-state index is 6.05. The molecule has 0 aliphatic carbocycles. The third-order valence-corrected chi connectivity index (χ3v) is 4.27. The summed E-state index contributed by atoms with van der Waals surface area (Å²) in [6.45, 7) is 4.67. The van der Waals surface area contributed by atoms with Crippen LogP contribution in [0.5, 0.6) is 5.75 Å². The van der Waals surface area contributed by atoms with Crippen LogP contribution in [-0.2, 0) is 6.42 Å². The van der Waals surface area contributed by atoms with Gasteiger partial charge in [0.25, 0.3) is 0 Å². The number of benzene rings is 1. The van der Waals surface area contributed by atoms with E-state index >= 15 is 0 Å². The van der Waals surface area contributed by atoms with E-state index in [2.05, 4.69) is 41.5 Å². The molecule has 2 unspecified atom stereocenters. The van der Waals surface area contributed by atoms with Crippen LogP contribution in [-0.4, -0.2) is 44.2 Å². The first-order valence-electron chi connectivity index (χ1n) is 7.46. The normalized spacial score (nSPS) is 27.0. The van der Waals surface area contributed by atoms with E-state index in [4.69, 9.17) is 4.74 Å². The van der Waals surface area contributed by atoms with E-state index in [9.17, 15) is 0 Å². The molecule has 1 aromatic carbocycles. The minimum absolute atomic E-state index is 0.353. The Morgan fingerprint density at radius 3 is 3.11 bits per heavy atom. The summed E-state index contributed by atoms with van der Waals surface area (Å²) in [6, 6.07) is 8.45. The van der Waals surface area contributed by atoms with Gasteiger partial charge in [-0.05, 0) is 50.5 Å². The highest BCUT2D eigenvalue weighted by atomic mass is 16.5. The zero-order chi connectivity index (χ0) is 13.1. The first-order chi connectivity index (χ1) is 9.35. The molecule has 104 valence electrons. The SMILES string of the molecule is CNCC1CCCN(CC2Cc3ccccc3O2)C1. The lowest BCUT2D eigenvalue weighted by atomic mass is 9.97. The highest BCUT2D eigenvalue weighted by molar-refractivity contribution is 5.37. The van der Waals surface area contributed by atoms with Crippen molar-refractivity contribution in [2.75, 3.05) is 33.2 Å². The number of piperidine rings is 1. The van der Waals surface area contributed by atoms with Crippen LogP contribution in [0.25, 0.3) is 0 Å². The first-order valence-corrected chi connectivity index (χ1v) is 7.46. The quantitative estimate of drug-likeness (QED) is 0.895. The molecule has 3 rings (SSSR count). The third kappa shape index (κ3) is 3.10. The fourth-order valence-corrected chi connectivity index (χ4v) is 3.42. The van der Waals surface area contributed by atoms with Crippen LogP contribution in [0.1, 0.15) is 18.4 Å². The monoisotopic (exact) mass is 260 g/mol. The predicted octanol–water partition coefficient (Wildman–Crippen LogP) is 1.92. The zero-order valence-electron chi connectivity index (χ0n) is 11.8. The predicted molar refractivity (Wildman–Crippen MR) is 77.7 cm³/mol. The van der Waals surface area contributed by atoms with Crippen LogP contribution in [0.3, 0.4) is 0 Å². The first kappa shape index (κ1) is 12.9. The van der Waals surface area contributed by atoms with Crippen molar-refractivity contribution in [1.82, 2.24) is 10.2 Å². The smallest absolute Gasteiger partial charge is 0.123 e. The van der Waals surface area contributed by atoms with E-state index < -0.39 is 0 Å². The van der Waals surface area contributed by atoms with Crippen molar-refractivity contribution in [3.63, 3.8) is 0 Å². The van der Waals surface area contributed by atoms with Gasteiger partial charge in [-0.3, -0.25) is 4.90 Å². The van der Waals surface area contributed by atoms with Gasteiger partial charge in [-0.2, -0.15) is 0 Å². The van der Waals surface area contributed by atoms with E-state index in [-0.39, 0.29) is 0 Å². The Hall–Kier alpha value is -1.06. The second-order valence-corrected chi connectivity index (χ2v) is 5.88. The summed E-state index contributed by atoms with van der Waals surface area (Å²) >= 11 is 0. The highest BCUT2D eigenvalue weighted by Gasteiger charge is 2.27. The topological polar surface area (TPSA) is 24.5 Å². The second-order valence-electron chi connectivity index (χ2n) is 5.88. The van der Waals surface area contributed by atoms with Crippen molar-refractivity contribution < 1.29 is 4.74 Å². The molecule has 0 amide bonds. The van der Waals surface area contributed by atoms with Gasteiger partial charge in [0.1, 0.15) is 11.9 Å². The minimum Gasteiger partial charge on any atom is -0.488 e. The van der Waals surface area contributed by atoms with Crippen molar-refractivity contribution in [2.45, 2.75) is 25.4 Å². The average molecular weight is 260 g/mol. The van der Waals surface area contributed by atoms with Crippen LogP contribution in [0.2, 0.25) is 0 Å². The van der Waals surface area contributed by atoms with Crippen molar-refractivity contribution in [3.8, 4) is 5.75 Å². The number of ether oxygens (including phenoxy) is 1. The molecule has 0 spiro atoms. The van der Waals surface area contributed by atoms with Gasteiger partial charge in [0.05, 0.1) is 0 Å². The Morgan fingerprint density at radius 2 is 2.26 bits per heavy atom. The lowest BCUT2D eigenvalue weighted by Gasteiger charge is -2.33. The molecule has 0 bridgehead atoms. The standard InChI is InChI=1S/C16H24N2O/c1-17-10-13-5-4-8-18(11-13)12-15-9-14-6-2-3-7-16(14)19-15/h2-3,6-7,13,15,17H,4-5,8-12H2,1H3. The minimum atomic E-state index is 0.353. The van der Waals surface area contributed by atoms with Gasteiger partial charge in [-0.1, -0.05) is 18.2 Å². The third-order valence-electron chi connectivity index (χ3n) is 4.27. The second kappa shape index (κ2) is 5.93. The molecule has 0 radical (unpaired) electrons. The molecule has 2 aliphatic rings. The largest absolute Gasteiger partial charge is 0.488 e.